The molecule has 2 aliphatic carbocycles. The molecule has 1 aliphatic heterocycles. The van der Waals surface area contributed by atoms with Crippen molar-refractivity contribution in [1.29, 1.82) is 0 Å². The van der Waals surface area contributed by atoms with Gasteiger partial charge in [0.15, 0.2) is 0 Å². The van der Waals surface area contributed by atoms with Crippen molar-refractivity contribution >= 4 is 17.1 Å². The summed E-state index contributed by atoms with van der Waals surface area (Å²) in [7, 11) is 0. The molecule has 3 aromatic rings. The summed E-state index contributed by atoms with van der Waals surface area (Å²) >= 11 is 0. The van der Waals surface area contributed by atoms with Crippen LogP contribution in [0.4, 0.5) is 5.69 Å². The molecule has 6 heteroatoms. The zero-order valence-electron chi connectivity index (χ0n) is 25.1. The number of piperazine rings is 1. The van der Waals surface area contributed by atoms with Crippen molar-refractivity contribution in [2.75, 3.05) is 24.5 Å². The summed E-state index contributed by atoms with van der Waals surface area (Å²) in [6.45, 7) is 15.7. The number of fused-ring (bicyclic) bond motifs is 1. The Kier molecular flexibility index (Phi) is 9.81. The van der Waals surface area contributed by atoms with Crippen LogP contribution in [-0.4, -0.2) is 45.3 Å². The number of nitrogens with one attached hydrogen (secondary N) is 1. The van der Waals surface area contributed by atoms with Crippen molar-refractivity contribution in [2.24, 2.45) is 0 Å². The number of Topliss-reactive ketones (excluding diaryl/α,β-unsaturated/α-hetero) is 1. The van der Waals surface area contributed by atoms with E-state index in [1.54, 1.807) is 6.92 Å². The van der Waals surface area contributed by atoms with Gasteiger partial charge in [0.1, 0.15) is 11.4 Å². The molecule has 0 atom stereocenters. The van der Waals surface area contributed by atoms with Crippen LogP contribution in [0.1, 0.15) is 107 Å². The fourth-order valence-electron chi connectivity index (χ4n) is 5.73. The summed E-state index contributed by atoms with van der Waals surface area (Å²) in [4.78, 5) is 21.6. The standard InChI is InChI=1S/C15H23N3.C13H16N2.C5H10O/c1-3-4-13-12(2)16-8-5-14(13)18-10-9-17-15(11-18)6-7-15;1-3-10-8-15-7-9(2)14-13(15)6-12(10)11-4-5-11;1-3-4-5(2)6/h5,8,17H,3-4,6-7,9-11H2,1-2H3;6-8,11H,3-5H2,1-2H3;3-4H2,1-2H3. The highest BCUT2D eigenvalue weighted by atomic mass is 16.1. The predicted molar refractivity (Wildman–Crippen MR) is 162 cm³/mol. The Hall–Kier alpha value is -2.73. The molecule has 0 amide bonds. The van der Waals surface area contributed by atoms with Crippen LogP contribution in [0.25, 0.3) is 5.65 Å². The number of carbonyl (C=O) groups is 1. The van der Waals surface area contributed by atoms with Gasteiger partial charge in [0.25, 0.3) is 0 Å². The Morgan fingerprint density at radius 2 is 1.90 bits per heavy atom. The molecular formula is C33H49N5O. The maximum absolute atomic E-state index is 10.0. The van der Waals surface area contributed by atoms with E-state index in [9.17, 15) is 4.79 Å². The van der Waals surface area contributed by atoms with Gasteiger partial charge >= 0.3 is 0 Å². The van der Waals surface area contributed by atoms with E-state index in [1.165, 1.54) is 66.7 Å². The van der Waals surface area contributed by atoms with Gasteiger partial charge in [-0.05, 0) is 100 Å². The lowest BCUT2D eigenvalue weighted by Gasteiger charge is -2.37. The van der Waals surface area contributed by atoms with Crippen LogP contribution >= 0.6 is 0 Å². The molecule has 6 rings (SSSR count). The number of rotatable bonds is 7. The topological polar surface area (TPSA) is 62.5 Å². The van der Waals surface area contributed by atoms with E-state index in [0.29, 0.717) is 5.54 Å². The van der Waals surface area contributed by atoms with Crippen LogP contribution in [0.5, 0.6) is 0 Å². The van der Waals surface area contributed by atoms with Crippen LogP contribution in [0.3, 0.4) is 0 Å². The second-order valence-corrected chi connectivity index (χ2v) is 11.8. The molecule has 0 radical (unpaired) electrons. The quantitative estimate of drug-likeness (QED) is 0.366. The number of aromatic nitrogens is 3. The summed E-state index contributed by atoms with van der Waals surface area (Å²) in [5, 5.41) is 3.68. The number of nitrogens with zero attached hydrogens (tertiary/aromatic N) is 4. The highest BCUT2D eigenvalue weighted by molar-refractivity contribution is 5.75. The van der Waals surface area contributed by atoms with E-state index in [0.717, 1.165) is 56.0 Å². The molecule has 1 spiro atoms. The Morgan fingerprint density at radius 1 is 1.13 bits per heavy atom. The van der Waals surface area contributed by atoms with Crippen molar-refractivity contribution in [3.05, 3.63) is 58.8 Å². The minimum atomic E-state index is 0.289. The molecule has 3 aromatic heterocycles. The molecule has 3 fully saturated rings. The average molecular weight is 532 g/mol. The SMILES string of the molecule is CCCC(C)=O.CCCc1c(N2CCNC3(CC3)C2)ccnc1C.CCc1cn2cc(C)nc2cc1C1CC1. The van der Waals surface area contributed by atoms with Crippen LogP contribution in [0.2, 0.25) is 0 Å². The third-order valence-corrected chi connectivity index (χ3v) is 8.15. The van der Waals surface area contributed by atoms with Crippen LogP contribution < -0.4 is 10.2 Å². The minimum absolute atomic E-state index is 0.289. The largest absolute Gasteiger partial charge is 0.368 e. The molecule has 39 heavy (non-hydrogen) atoms. The van der Waals surface area contributed by atoms with Crippen molar-refractivity contribution < 1.29 is 4.79 Å². The van der Waals surface area contributed by atoms with E-state index >= 15 is 0 Å². The van der Waals surface area contributed by atoms with Crippen molar-refractivity contribution in [2.45, 2.75) is 111 Å². The number of ketones is 1. The molecule has 4 heterocycles. The molecule has 2 saturated carbocycles. The van der Waals surface area contributed by atoms with Crippen molar-refractivity contribution in [1.82, 2.24) is 19.7 Å². The van der Waals surface area contributed by atoms with Gasteiger partial charge in [0, 0.05) is 61.6 Å². The van der Waals surface area contributed by atoms with Gasteiger partial charge < -0.3 is 19.4 Å². The number of hydrogen-bond acceptors (Lipinski definition) is 5. The lowest BCUT2D eigenvalue weighted by molar-refractivity contribution is -0.117. The normalized spacial score (nSPS) is 17.3. The first kappa shape index (κ1) is 29.3. The van der Waals surface area contributed by atoms with Crippen LogP contribution in [0.15, 0.2) is 30.7 Å². The van der Waals surface area contributed by atoms with Crippen molar-refractivity contribution in [3.8, 4) is 0 Å². The number of anilines is 1. The summed E-state index contributed by atoms with van der Waals surface area (Å²) in [5.74, 6) is 1.11. The Morgan fingerprint density at radius 3 is 2.49 bits per heavy atom. The van der Waals surface area contributed by atoms with Crippen LogP contribution in [-0.2, 0) is 17.6 Å². The molecule has 0 unspecified atom stereocenters. The number of aryl methyl sites for hydroxylation is 3. The molecule has 3 aliphatic rings. The first-order valence-electron chi connectivity index (χ1n) is 15.2. The zero-order chi connectivity index (χ0) is 28.0. The Bertz CT molecular complexity index is 1250. The van der Waals surface area contributed by atoms with E-state index < -0.39 is 0 Å². The van der Waals surface area contributed by atoms with E-state index in [1.807, 2.05) is 13.1 Å². The fourth-order valence-corrected chi connectivity index (χ4v) is 5.73. The first-order chi connectivity index (χ1) is 18.8. The van der Waals surface area contributed by atoms with Crippen LogP contribution in [0, 0.1) is 13.8 Å². The Balaban J connectivity index is 0.000000152. The van der Waals surface area contributed by atoms with E-state index in [4.69, 9.17) is 0 Å². The maximum atomic E-state index is 10.0. The molecule has 1 saturated heterocycles. The number of hydrogen-bond donors (Lipinski definition) is 1. The lowest BCUT2D eigenvalue weighted by Crippen LogP contribution is -2.52. The number of carbonyl (C=O) groups excluding carboxylic acids is 1. The zero-order valence-corrected chi connectivity index (χ0v) is 25.1. The molecule has 1 N–H and O–H groups in total. The van der Waals surface area contributed by atoms with Gasteiger partial charge in [-0.15, -0.1) is 0 Å². The monoisotopic (exact) mass is 531 g/mol. The minimum Gasteiger partial charge on any atom is -0.368 e. The van der Waals surface area contributed by atoms with Gasteiger partial charge in [-0.2, -0.15) is 0 Å². The summed E-state index contributed by atoms with van der Waals surface area (Å²) in [5.41, 5.74) is 9.76. The van der Waals surface area contributed by atoms with Gasteiger partial charge in [-0.1, -0.05) is 27.2 Å². The summed E-state index contributed by atoms with van der Waals surface area (Å²) in [6, 6.07) is 4.49. The predicted octanol–water partition coefficient (Wildman–Crippen LogP) is 6.74. The highest BCUT2D eigenvalue weighted by Gasteiger charge is 2.45. The average Bonchev–Trinajstić information content (AvgIpc) is 3.84. The summed E-state index contributed by atoms with van der Waals surface area (Å²) < 4.78 is 2.15. The van der Waals surface area contributed by atoms with Gasteiger partial charge in [-0.25, -0.2) is 4.98 Å². The maximum Gasteiger partial charge on any atom is 0.137 e. The number of imidazole rings is 1. The lowest BCUT2D eigenvalue weighted by atomic mass is 10.0. The van der Waals surface area contributed by atoms with E-state index in [-0.39, 0.29) is 5.78 Å². The fraction of sp³-hybridized carbons (Fsp3) is 0.606. The molecule has 0 aromatic carbocycles. The van der Waals surface area contributed by atoms with Gasteiger partial charge in [0.05, 0.1) is 5.69 Å². The van der Waals surface area contributed by atoms with E-state index in [2.05, 4.69) is 76.8 Å². The van der Waals surface area contributed by atoms with Gasteiger partial charge in [-0.3, -0.25) is 4.98 Å². The van der Waals surface area contributed by atoms with Crippen molar-refractivity contribution in [3.63, 3.8) is 0 Å². The molecular weight excluding hydrogens is 482 g/mol. The smallest absolute Gasteiger partial charge is 0.137 e. The molecule has 6 nitrogen and oxygen atoms in total. The number of pyridine rings is 2. The third-order valence-electron chi connectivity index (χ3n) is 8.15. The second kappa shape index (κ2) is 13.1. The third kappa shape index (κ3) is 7.69. The second-order valence-electron chi connectivity index (χ2n) is 11.8. The highest BCUT2D eigenvalue weighted by Crippen LogP contribution is 2.42. The van der Waals surface area contributed by atoms with Gasteiger partial charge in [0.2, 0.25) is 0 Å². The molecule has 212 valence electrons. The Labute approximate surface area is 235 Å². The first-order valence-corrected chi connectivity index (χ1v) is 15.2. The molecule has 0 bridgehead atoms. The summed E-state index contributed by atoms with van der Waals surface area (Å²) in [6.07, 6.45) is 16.9.